The molecule has 0 aromatic carbocycles. The molecule has 2 fully saturated rings. The van der Waals surface area contributed by atoms with Gasteiger partial charge in [0.1, 0.15) is 6.10 Å². The summed E-state index contributed by atoms with van der Waals surface area (Å²) < 4.78 is 5.61. The molecule has 2 unspecified atom stereocenters. The number of allylic oxidation sites excluding steroid dienone is 1. The Morgan fingerprint density at radius 3 is 2.70 bits per heavy atom. The third-order valence-electron chi connectivity index (χ3n) is 9.09. The number of carbonyl (C=O) groups excluding carboxylic acids is 1. The van der Waals surface area contributed by atoms with Crippen molar-refractivity contribution >= 4 is 5.97 Å². The molecular formula is C28H48O2. The summed E-state index contributed by atoms with van der Waals surface area (Å²) in [6, 6.07) is 0. The molecule has 0 aliphatic heterocycles. The predicted octanol–water partition coefficient (Wildman–Crippen LogP) is 8.10. The molecule has 172 valence electrons. The van der Waals surface area contributed by atoms with Gasteiger partial charge < -0.3 is 4.74 Å². The lowest BCUT2D eigenvalue weighted by atomic mass is 9.56. The fourth-order valence-corrected chi connectivity index (χ4v) is 7.43. The van der Waals surface area contributed by atoms with Gasteiger partial charge in [-0.3, -0.25) is 4.79 Å². The Kier molecular flexibility index (Phi) is 8.50. The first-order valence-corrected chi connectivity index (χ1v) is 13.1. The van der Waals surface area contributed by atoms with Crippen LogP contribution in [0.4, 0.5) is 0 Å². The highest BCUT2D eigenvalue weighted by atomic mass is 16.5. The van der Waals surface area contributed by atoms with E-state index in [1.165, 1.54) is 76.2 Å². The summed E-state index contributed by atoms with van der Waals surface area (Å²) in [5.41, 5.74) is 2.02. The van der Waals surface area contributed by atoms with Crippen molar-refractivity contribution in [1.82, 2.24) is 0 Å². The van der Waals surface area contributed by atoms with Crippen LogP contribution in [0.2, 0.25) is 0 Å². The average Bonchev–Trinajstić information content (AvgIpc) is 3.00. The number of unbranched alkanes of at least 4 members (excludes halogenated alkanes) is 1. The molecule has 6 atom stereocenters. The monoisotopic (exact) mass is 416 g/mol. The molecule has 0 aromatic heterocycles. The minimum Gasteiger partial charge on any atom is -0.462 e. The van der Waals surface area contributed by atoms with Crippen molar-refractivity contribution in [3.63, 3.8) is 0 Å². The summed E-state index contributed by atoms with van der Waals surface area (Å²) >= 11 is 0. The van der Waals surface area contributed by atoms with Gasteiger partial charge in [0, 0.05) is 13.3 Å². The van der Waals surface area contributed by atoms with Gasteiger partial charge in [-0.05, 0) is 93.3 Å². The van der Waals surface area contributed by atoms with Gasteiger partial charge in [0.15, 0.2) is 0 Å². The summed E-state index contributed by atoms with van der Waals surface area (Å²) in [6.45, 7) is 11.2. The smallest absolute Gasteiger partial charge is 0.302 e. The minimum atomic E-state index is -0.124. The third-order valence-corrected chi connectivity index (χ3v) is 9.09. The van der Waals surface area contributed by atoms with E-state index in [9.17, 15) is 4.79 Å². The van der Waals surface area contributed by atoms with Gasteiger partial charge >= 0.3 is 5.97 Å². The molecule has 3 rings (SSSR count). The lowest BCUT2D eigenvalue weighted by molar-refractivity contribution is -0.146. The lowest BCUT2D eigenvalue weighted by Crippen LogP contribution is -2.41. The first kappa shape index (κ1) is 23.9. The van der Waals surface area contributed by atoms with Gasteiger partial charge in [0.2, 0.25) is 0 Å². The molecule has 3 aliphatic rings. The summed E-state index contributed by atoms with van der Waals surface area (Å²) in [6.07, 6.45) is 19.9. The Morgan fingerprint density at radius 1 is 1.17 bits per heavy atom. The van der Waals surface area contributed by atoms with E-state index >= 15 is 0 Å². The van der Waals surface area contributed by atoms with E-state index in [-0.39, 0.29) is 12.1 Å². The summed E-state index contributed by atoms with van der Waals surface area (Å²) in [7, 11) is 0. The standard InChI is InChI=1S/C28H48O2/c1-20(2)9-6-7-11-24-14-16-27-26-15-13-21(3)19-25(30-22(4)29)12-8-10-23(26)17-18-28(24,27)5/h13,20,23-27H,6-12,14-19H2,1-5H3/b21-13+/t23?,24-,25-,26+,27?,28+/m0/s1. The van der Waals surface area contributed by atoms with E-state index in [0.717, 1.165) is 42.4 Å². The van der Waals surface area contributed by atoms with Crippen molar-refractivity contribution in [1.29, 1.82) is 0 Å². The molecule has 0 heterocycles. The highest BCUT2D eigenvalue weighted by molar-refractivity contribution is 5.66. The van der Waals surface area contributed by atoms with Crippen molar-refractivity contribution in [3.05, 3.63) is 11.6 Å². The molecule has 0 radical (unpaired) electrons. The fraction of sp³-hybridized carbons (Fsp3) is 0.893. The van der Waals surface area contributed by atoms with E-state index in [1.54, 1.807) is 6.92 Å². The second-order valence-electron chi connectivity index (χ2n) is 11.7. The first-order valence-electron chi connectivity index (χ1n) is 13.1. The number of ether oxygens (including phenoxy) is 1. The minimum absolute atomic E-state index is 0.0888. The topological polar surface area (TPSA) is 26.3 Å². The van der Waals surface area contributed by atoms with Gasteiger partial charge in [-0.25, -0.2) is 0 Å². The molecule has 3 aliphatic carbocycles. The van der Waals surface area contributed by atoms with Crippen LogP contribution in [-0.4, -0.2) is 12.1 Å². The maximum Gasteiger partial charge on any atom is 0.302 e. The largest absolute Gasteiger partial charge is 0.462 e. The second-order valence-corrected chi connectivity index (χ2v) is 11.7. The van der Waals surface area contributed by atoms with Crippen molar-refractivity contribution in [2.75, 3.05) is 0 Å². The Hall–Kier alpha value is -0.790. The first-order chi connectivity index (χ1) is 14.3. The third kappa shape index (κ3) is 5.92. The Balaban J connectivity index is 1.65. The quantitative estimate of drug-likeness (QED) is 0.248. The summed E-state index contributed by atoms with van der Waals surface area (Å²) in [5.74, 6) is 4.38. The Bertz CT molecular complexity index is 591. The second kappa shape index (κ2) is 10.7. The van der Waals surface area contributed by atoms with Crippen molar-refractivity contribution in [2.24, 2.45) is 35.0 Å². The number of hydrogen-bond acceptors (Lipinski definition) is 2. The van der Waals surface area contributed by atoms with Crippen molar-refractivity contribution in [3.8, 4) is 0 Å². The molecule has 30 heavy (non-hydrogen) atoms. The van der Waals surface area contributed by atoms with E-state index in [0.29, 0.717) is 5.41 Å². The van der Waals surface area contributed by atoms with E-state index in [4.69, 9.17) is 4.74 Å². The van der Waals surface area contributed by atoms with Gasteiger partial charge in [-0.15, -0.1) is 0 Å². The van der Waals surface area contributed by atoms with Crippen LogP contribution in [0.1, 0.15) is 118 Å². The molecule has 0 aromatic rings. The fourth-order valence-electron chi connectivity index (χ4n) is 7.43. The molecule has 2 saturated carbocycles. The zero-order chi connectivity index (χ0) is 21.7. The van der Waals surface area contributed by atoms with Crippen LogP contribution in [0.15, 0.2) is 11.6 Å². The molecule has 0 bridgehead atoms. The lowest BCUT2D eigenvalue weighted by Gasteiger charge is -2.49. The van der Waals surface area contributed by atoms with Crippen LogP contribution < -0.4 is 0 Å². The molecule has 2 heteroatoms. The highest BCUT2D eigenvalue weighted by Gasteiger charge is 2.52. The van der Waals surface area contributed by atoms with Gasteiger partial charge in [-0.2, -0.15) is 0 Å². The normalized spacial score (nSPS) is 39.0. The molecular weight excluding hydrogens is 368 g/mol. The van der Waals surface area contributed by atoms with Gasteiger partial charge in [-0.1, -0.05) is 58.1 Å². The average molecular weight is 417 g/mol. The Morgan fingerprint density at radius 2 is 1.97 bits per heavy atom. The van der Waals surface area contributed by atoms with Crippen LogP contribution in [0.25, 0.3) is 0 Å². The maximum absolute atomic E-state index is 11.5. The van der Waals surface area contributed by atoms with Crippen LogP contribution in [0.5, 0.6) is 0 Å². The van der Waals surface area contributed by atoms with Crippen molar-refractivity contribution < 1.29 is 9.53 Å². The molecule has 0 spiro atoms. The summed E-state index contributed by atoms with van der Waals surface area (Å²) in [4.78, 5) is 11.5. The number of esters is 1. The molecule has 0 N–H and O–H groups in total. The molecule has 2 nitrogen and oxygen atoms in total. The predicted molar refractivity (Wildman–Crippen MR) is 126 cm³/mol. The Labute approximate surface area is 186 Å². The van der Waals surface area contributed by atoms with Crippen LogP contribution in [0, 0.1) is 35.0 Å². The summed E-state index contributed by atoms with van der Waals surface area (Å²) in [5, 5.41) is 0. The zero-order valence-electron chi connectivity index (χ0n) is 20.6. The number of carbonyl (C=O) groups is 1. The zero-order valence-corrected chi connectivity index (χ0v) is 20.6. The van der Waals surface area contributed by atoms with E-state index < -0.39 is 0 Å². The molecule has 0 saturated heterocycles. The SMILES string of the molecule is CC(=O)O[C@H]1CCCC2CC[C@@]3(C)C(CC[C@@H]3CCCCC(C)C)[C@@H]2C/C=C(\C)C1. The van der Waals surface area contributed by atoms with Crippen LogP contribution >= 0.6 is 0 Å². The number of rotatable bonds is 6. The highest BCUT2D eigenvalue weighted by Crippen LogP contribution is 2.61. The number of fused-ring (bicyclic) bond motifs is 3. The van der Waals surface area contributed by atoms with Gasteiger partial charge in [0.05, 0.1) is 0 Å². The van der Waals surface area contributed by atoms with Crippen LogP contribution in [0.3, 0.4) is 0 Å². The van der Waals surface area contributed by atoms with Crippen LogP contribution in [-0.2, 0) is 9.53 Å². The molecule has 0 amide bonds. The maximum atomic E-state index is 11.5. The van der Waals surface area contributed by atoms with E-state index in [1.807, 2.05) is 0 Å². The number of hydrogen-bond donors (Lipinski definition) is 0. The van der Waals surface area contributed by atoms with E-state index in [2.05, 4.69) is 33.8 Å². The van der Waals surface area contributed by atoms with Gasteiger partial charge in [0.25, 0.3) is 0 Å². The van der Waals surface area contributed by atoms with Crippen molar-refractivity contribution in [2.45, 2.75) is 124 Å².